The fourth-order valence-corrected chi connectivity index (χ4v) is 0.768. The minimum Gasteiger partial charge on any atom is -0.466 e. The van der Waals surface area contributed by atoms with Gasteiger partial charge in [-0.15, -0.1) is 0 Å². The predicted octanol–water partition coefficient (Wildman–Crippen LogP) is 1.30. The molecule has 0 saturated carbocycles. The van der Waals surface area contributed by atoms with Gasteiger partial charge in [0.25, 0.3) is 0 Å². The molecule has 0 fully saturated rings. The molecule has 0 unspecified atom stereocenters. The third-order valence-electron chi connectivity index (χ3n) is 1.32. The van der Waals surface area contributed by atoms with E-state index in [9.17, 15) is 9.59 Å². The van der Waals surface area contributed by atoms with Crippen LogP contribution in [0.4, 0.5) is 0 Å². The third-order valence-corrected chi connectivity index (χ3v) is 1.32. The molecule has 0 spiro atoms. The highest BCUT2D eigenvalue weighted by Gasteiger charge is 2.04. The Balaban J connectivity index is 3.32. The Bertz CT molecular complexity index is 195. The molecule has 0 amide bonds. The maximum absolute atomic E-state index is 11.0. The van der Waals surface area contributed by atoms with Crippen LogP contribution in [0.5, 0.6) is 0 Å². The van der Waals surface area contributed by atoms with E-state index in [-0.39, 0.29) is 5.97 Å². The molecule has 4 heteroatoms. The van der Waals surface area contributed by atoms with Gasteiger partial charge in [-0.2, -0.15) is 0 Å². The number of ether oxygens (including phenoxy) is 1. The van der Waals surface area contributed by atoms with E-state index in [0.29, 0.717) is 31.9 Å². The molecule has 0 bridgehead atoms. The summed E-state index contributed by atoms with van der Waals surface area (Å²) in [6.45, 7) is 4.62. The van der Waals surface area contributed by atoms with E-state index >= 15 is 0 Å². The van der Waals surface area contributed by atoms with E-state index in [1.807, 2.05) is 13.8 Å². The molecule has 4 nitrogen and oxygen atoms in total. The Morgan fingerprint density at radius 3 is 2.77 bits per heavy atom. The summed E-state index contributed by atoms with van der Waals surface area (Å²) < 4.78 is 4.87. The van der Waals surface area contributed by atoms with E-state index in [0.717, 1.165) is 0 Å². The zero-order valence-corrected chi connectivity index (χ0v) is 8.08. The molecule has 0 aromatic rings. The molecule has 13 heavy (non-hydrogen) atoms. The molecule has 74 valence electrons. The van der Waals surface area contributed by atoms with E-state index < -0.39 is 0 Å². The van der Waals surface area contributed by atoms with E-state index in [1.54, 1.807) is 0 Å². The molecule has 0 N–H and O–H groups in total. The fraction of sp³-hybridized carbons (Fsp3) is 0.778. The van der Waals surface area contributed by atoms with Crippen molar-refractivity contribution < 1.29 is 14.3 Å². The van der Waals surface area contributed by atoms with Crippen LogP contribution < -0.4 is 0 Å². The molecule has 0 aromatic carbocycles. The normalized spacial score (nSPS) is 9.46. The third kappa shape index (κ3) is 8.76. The van der Waals surface area contributed by atoms with Gasteiger partial charge in [-0.1, -0.05) is 13.8 Å². The number of esters is 1. The lowest BCUT2D eigenvalue weighted by molar-refractivity contribution is -0.144. The van der Waals surface area contributed by atoms with Crippen LogP contribution in [0.25, 0.3) is 0 Å². The van der Waals surface area contributed by atoms with Crippen molar-refractivity contribution in [1.29, 1.82) is 0 Å². The van der Waals surface area contributed by atoms with Crippen molar-refractivity contribution in [2.45, 2.75) is 26.7 Å². The Kier molecular flexibility index (Phi) is 6.83. The molecule has 0 atom stereocenters. The van der Waals surface area contributed by atoms with Crippen LogP contribution in [0.2, 0.25) is 0 Å². The van der Waals surface area contributed by atoms with Crippen LogP contribution in [0.3, 0.4) is 0 Å². The highest BCUT2D eigenvalue weighted by Crippen LogP contribution is 2.00. The number of carbonyl (C=O) groups is 1. The number of hydrogen-bond acceptors (Lipinski definition) is 4. The van der Waals surface area contributed by atoms with E-state index in [2.05, 4.69) is 4.99 Å². The summed E-state index contributed by atoms with van der Waals surface area (Å²) in [6, 6.07) is 0. The van der Waals surface area contributed by atoms with E-state index in [1.165, 1.54) is 6.08 Å². The predicted molar refractivity (Wildman–Crippen MR) is 48.0 cm³/mol. The fourth-order valence-electron chi connectivity index (χ4n) is 0.768. The van der Waals surface area contributed by atoms with Crippen molar-refractivity contribution in [3.05, 3.63) is 0 Å². The van der Waals surface area contributed by atoms with Crippen molar-refractivity contribution in [3.8, 4) is 0 Å². The van der Waals surface area contributed by atoms with Gasteiger partial charge in [0.05, 0.1) is 13.2 Å². The second kappa shape index (κ2) is 7.50. The molecular formula is C9H15NO3. The first-order valence-corrected chi connectivity index (χ1v) is 4.36. The smallest absolute Gasteiger partial charge is 0.306 e. The Hall–Kier alpha value is -1.15. The number of aliphatic imine (C=N–C) groups is 1. The number of isocyanates is 1. The maximum atomic E-state index is 11.0. The summed E-state index contributed by atoms with van der Waals surface area (Å²) in [7, 11) is 0. The van der Waals surface area contributed by atoms with Gasteiger partial charge in [0.15, 0.2) is 0 Å². The second-order valence-electron chi connectivity index (χ2n) is 3.15. The van der Waals surface area contributed by atoms with Crippen molar-refractivity contribution in [3.63, 3.8) is 0 Å². The number of carbonyl (C=O) groups excluding carboxylic acids is 2. The summed E-state index contributed by atoms with van der Waals surface area (Å²) in [5.74, 6) is 0.130. The summed E-state index contributed by atoms with van der Waals surface area (Å²) >= 11 is 0. The molecule has 0 rings (SSSR count). The minimum atomic E-state index is -0.190. The van der Waals surface area contributed by atoms with Crippen LogP contribution in [-0.2, 0) is 14.3 Å². The van der Waals surface area contributed by atoms with Crippen LogP contribution in [0, 0.1) is 5.92 Å². The van der Waals surface area contributed by atoms with Crippen LogP contribution in [-0.4, -0.2) is 25.2 Å². The van der Waals surface area contributed by atoms with E-state index in [4.69, 9.17) is 4.74 Å². The van der Waals surface area contributed by atoms with Gasteiger partial charge < -0.3 is 4.74 Å². The molecule has 0 radical (unpaired) electrons. The highest BCUT2D eigenvalue weighted by atomic mass is 16.5. The first-order valence-electron chi connectivity index (χ1n) is 4.36. The number of nitrogens with zero attached hydrogens (tertiary/aromatic N) is 1. The standard InChI is InChI=1S/C9H15NO3/c1-8(2)6-9(12)13-5-3-4-10-7-11/h8H,3-6H2,1-2H3. The SMILES string of the molecule is CC(C)CC(=O)OCCCN=C=O. The summed E-state index contributed by atoms with van der Waals surface area (Å²) in [6.07, 6.45) is 2.45. The summed E-state index contributed by atoms with van der Waals surface area (Å²) in [5.41, 5.74) is 0. The molecule has 0 aromatic heterocycles. The molecular weight excluding hydrogens is 170 g/mol. The second-order valence-corrected chi connectivity index (χ2v) is 3.15. The van der Waals surface area contributed by atoms with Crippen LogP contribution >= 0.6 is 0 Å². The summed E-state index contributed by atoms with van der Waals surface area (Å²) in [5, 5.41) is 0. The lowest BCUT2D eigenvalue weighted by Crippen LogP contribution is -2.09. The van der Waals surface area contributed by atoms with Crippen molar-refractivity contribution >= 4 is 12.0 Å². The highest BCUT2D eigenvalue weighted by molar-refractivity contribution is 5.69. The number of rotatable bonds is 6. The minimum absolute atomic E-state index is 0.190. The van der Waals surface area contributed by atoms with Crippen molar-refractivity contribution in [2.24, 2.45) is 10.9 Å². The first kappa shape index (κ1) is 11.8. The van der Waals surface area contributed by atoms with Crippen molar-refractivity contribution in [2.75, 3.05) is 13.2 Å². The Morgan fingerprint density at radius 1 is 1.54 bits per heavy atom. The van der Waals surface area contributed by atoms with Gasteiger partial charge in [0, 0.05) is 12.8 Å². The maximum Gasteiger partial charge on any atom is 0.306 e. The van der Waals surface area contributed by atoms with Gasteiger partial charge in [0.2, 0.25) is 6.08 Å². The monoisotopic (exact) mass is 185 g/mol. The van der Waals surface area contributed by atoms with Crippen LogP contribution in [0.1, 0.15) is 26.7 Å². The average molecular weight is 185 g/mol. The van der Waals surface area contributed by atoms with Gasteiger partial charge >= 0.3 is 5.97 Å². The van der Waals surface area contributed by atoms with Crippen molar-refractivity contribution in [1.82, 2.24) is 0 Å². The molecule has 0 saturated heterocycles. The lowest BCUT2D eigenvalue weighted by atomic mass is 10.1. The van der Waals surface area contributed by atoms with Gasteiger partial charge in [-0.25, -0.2) is 9.79 Å². The molecule has 0 aliphatic rings. The zero-order valence-electron chi connectivity index (χ0n) is 8.08. The van der Waals surface area contributed by atoms with Crippen LogP contribution in [0.15, 0.2) is 4.99 Å². The Labute approximate surface area is 78.0 Å². The zero-order chi connectivity index (χ0) is 10.1. The molecule has 0 aliphatic carbocycles. The number of hydrogen-bond donors (Lipinski definition) is 0. The van der Waals surface area contributed by atoms with Gasteiger partial charge in [0.1, 0.15) is 0 Å². The topological polar surface area (TPSA) is 55.7 Å². The Morgan fingerprint density at radius 2 is 2.23 bits per heavy atom. The van der Waals surface area contributed by atoms with Gasteiger partial charge in [-0.3, -0.25) is 4.79 Å². The van der Waals surface area contributed by atoms with Gasteiger partial charge in [-0.05, 0) is 5.92 Å². The summed E-state index contributed by atoms with van der Waals surface area (Å²) in [4.78, 5) is 23.9. The molecule has 0 aliphatic heterocycles. The largest absolute Gasteiger partial charge is 0.466 e. The quantitative estimate of drug-likeness (QED) is 0.271. The molecule has 0 heterocycles. The first-order chi connectivity index (χ1) is 6.16. The lowest BCUT2D eigenvalue weighted by Gasteiger charge is -2.04. The average Bonchev–Trinajstić information content (AvgIpc) is 2.02.